The number of benzene rings is 1. The fraction of sp³-hybridized carbons (Fsp3) is 0.353. The van der Waals surface area contributed by atoms with Gasteiger partial charge >= 0.3 is 0 Å². The molecule has 110 valence electrons. The van der Waals surface area contributed by atoms with E-state index in [0.29, 0.717) is 6.54 Å². The summed E-state index contributed by atoms with van der Waals surface area (Å²) in [4.78, 5) is 14.2. The van der Waals surface area contributed by atoms with Crippen molar-refractivity contribution in [2.45, 2.75) is 18.9 Å². The second kappa shape index (κ2) is 5.64. The second-order valence-corrected chi connectivity index (χ2v) is 5.74. The molecule has 0 aliphatic heterocycles. The van der Waals surface area contributed by atoms with Gasteiger partial charge in [-0.2, -0.15) is 0 Å². The van der Waals surface area contributed by atoms with E-state index < -0.39 is 0 Å². The van der Waals surface area contributed by atoms with E-state index in [1.807, 2.05) is 38.4 Å². The molecule has 2 unspecified atom stereocenters. The highest BCUT2D eigenvalue weighted by Gasteiger charge is 2.45. The van der Waals surface area contributed by atoms with E-state index >= 15 is 0 Å². The summed E-state index contributed by atoms with van der Waals surface area (Å²) in [7, 11) is 4.03. The summed E-state index contributed by atoms with van der Waals surface area (Å²) in [5.41, 5.74) is 2.27. The van der Waals surface area contributed by atoms with Crippen LogP contribution in [0, 0.1) is 5.92 Å². The molecule has 0 bridgehead atoms. The van der Waals surface area contributed by atoms with E-state index in [4.69, 9.17) is 4.42 Å². The first kappa shape index (κ1) is 13.7. The van der Waals surface area contributed by atoms with Crippen LogP contribution in [0.15, 0.2) is 47.1 Å². The summed E-state index contributed by atoms with van der Waals surface area (Å²) in [6.07, 6.45) is 2.55. The number of anilines is 1. The number of nitrogens with one attached hydrogen (secondary N) is 1. The van der Waals surface area contributed by atoms with E-state index in [2.05, 4.69) is 22.3 Å². The molecule has 2 aromatic rings. The zero-order valence-corrected chi connectivity index (χ0v) is 12.4. The Hall–Kier alpha value is -2.23. The molecule has 4 heteroatoms. The summed E-state index contributed by atoms with van der Waals surface area (Å²) in [5.74, 6) is 1.37. The van der Waals surface area contributed by atoms with E-state index in [9.17, 15) is 4.79 Å². The lowest BCUT2D eigenvalue weighted by Gasteiger charge is -2.12. The molecule has 1 saturated carbocycles. The van der Waals surface area contributed by atoms with Gasteiger partial charge in [-0.3, -0.25) is 4.79 Å². The van der Waals surface area contributed by atoms with Crippen LogP contribution in [0.2, 0.25) is 0 Å². The fourth-order valence-corrected chi connectivity index (χ4v) is 2.53. The Bertz CT molecular complexity index is 602. The van der Waals surface area contributed by atoms with Crippen LogP contribution in [-0.2, 0) is 11.3 Å². The van der Waals surface area contributed by atoms with Gasteiger partial charge in [0.1, 0.15) is 5.76 Å². The molecule has 1 amide bonds. The van der Waals surface area contributed by atoms with Crippen molar-refractivity contribution in [3.8, 4) is 0 Å². The Balaban J connectivity index is 1.50. The molecule has 1 N–H and O–H groups in total. The fourth-order valence-electron chi connectivity index (χ4n) is 2.53. The third kappa shape index (κ3) is 3.10. The molecule has 1 aliphatic rings. The lowest BCUT2D eigenvalue weighted by molar-refractivity contribution is -0.122. The normalized spacial score (nSPS) is 20.1. The predicted molar refractivity (Wildman–Crippen MR) is 82.2 cm³/mol. The first-order chi connectivity index (χ1) is 10.1. The quantitative estimate of drug-likeness (QED) is 0.918. The Kier molecular flexibility index (Phi) is 3.69. The van der Waals surface area contributed by atoms with Gasteiger partial charge in [-0.1, -0.05) is 12.1 Å². The Morgan fingerprint density at radius 3 is 2.67 bits per heavy atom. The number of rotatable bonds is 5. The summed E-state index contributed by atoms with van der Waals surface area (Å²) >= 11 is 0. The van der Waals surface area contributed by atoms with Crippen LogP contribution in [0.4, 0.5) is 5.69 Å². The van der Waals surface area contributed by atoms with Gasteiger partial charge < -0.3 is 14.6 Å². The predicted octanol–water partition coefficient (Wildman–Crippen LogP) is 2.77. The molecular formula is C17H20N2O2. The molecule has 1 aromatic carbocycles. The standard InChI is InChI=1S/C17H20N2O2/c1-19(2)13-7-5-12(6-8-13)11-18-17(20)15-10-14(15)16-4-3-9-21-16/h3-9,14-15H,10-11H2,1-2H3,(H,18,20). The van der Waals surface area contributed by atoms with Crippen LogP contribution in [0.5, 0.6) is 0 Å². The topological polar surface area (TPSA) is 45.5 Å². The Labute approximate surface area is 124 Å². The third-order valence-corrected chi connectivity index (χ3v) is 3.96. The number of amides is 1. The van der Waals surface area contributed by atoms with Gasteiger partial charge in [0.15, 0.2) is 0 Å². The van der Waals surface area contributed by atoms with Crippen LogP contribution in [0.3, 0.4) is 0 Å². The second-order valence-electron chi connectivity index (χ2n) is 5.74. The molecule has 1 aliphatic carbocycles. The van der Waals surface area contributed by atoms with Crippen LogP contribution in [0.25, 0.3) is 0 Å². The molecular weight excluding hydrogens is 264 g/mol. The maximum absolute atomic E-state index is 12.1. The lowest BCUT2D eigenvalue weighted by atomic mass is 10.2. The van der Waals surface area contributed by atoms with Crippen molar-refractivity contribution in [2.24, 2.45) is 5.92 Å². The first-order valence-electron chi connectivity index (χ1n) is 7.22. The number of carbonyl (C=O) groups excluding carboxylic acids is 1. The smallest absolute Gasteiger partial charge is 0.224 e. The van der Waals surface area contributed by atoms with Gasteiger partial charge in [-0.25, -0.2) is 0 Å². The highest BCUT2D eigenvalue weighted by molar-refractivity contribution is 5.82. The van der Waals surface area contributed by atoms with Crippen molar-refractivity contribution >= 4 is 11.6 Å². The van der Waals surface area contributed by atoms with Crippen molar-refractivity contribution in [2.75, 3.05) is 19.0 Å². The number of furan rings is 1. The van der Waals surface area contributed by atoms with Gasteiger partial charge in [0.2, 0.25) is 5.91 Å². The van der Waals surface area contributed by atoms with Crippen LogP contribution < -0.4 is 10.2 Å². The SMILES string of the molecule is CN(C)c1ccc(CNC(=O)C2CC2c2ccco2)cc1. The molecule has 21 heavy (non-hydrogen) atoms. The molecule has 0 radical (unpaired) electrons. The lowest BCUT2D eigenvalue weighted by Crippen LogP contribution is -2.24. The van der Waals surface area contributed by atoms with Crippen molar-refractivity contribution in [3.05, 3.63) is 54.0 Å². The minimum absolute atomic E-state index is 0.0669. The number of hydrogen-bond acceptors (Lipinski definition) is 3. The molecule has 0 spiro atoms. The highest BCUT2D eigenvalue weighted by Crippen LogP contribution is 2.47. The highest BCUT2D eigenvalue weighted by atomic mass is 16.3. The van der Waals surface area contributed by atoms with Gasteiger partial charge in [0.05, 0.1) is 6.26 Å². The zero-order chi connectivity index (χ0) is 14.8. The zero-order valence-electron chi connectivity index (χ0n) is 12.4. The summed E-state index contributed by atoms with van der Waals surface area (Å²) in [5, 5.41) is 3.01. The minimum Gasteiger partial charge on any atom is -0.469 e. The number of nitrogens with zero attached hydrogens (tertiary/aromatic N) is 1. The van der Waals surface area contributed by atoms with Gasteiger partial charge in [0.25, 0.3) is 0 Å². The van der Waals surface area contributed by atoms with E-state index in [0.717, 1.165) is 23.4 Å². The first-order valence-corrected chi connectivity index (χ1v) is 7.22. The molecule has 3 rings (SSSR count). The summed E-state index contributed by atoms with van der Waals surface area (Å²) in [6, 6.07) is 12.0. The molecule has 4 nitrogen and oxygen atoms in total. The number of hydrogen-bond donors (Lipinski definition) is 1. The third-order valence-electron chi connectivity index (χ3n) is 3.96. The van der Waals surface area contributed by atoms with E-state index in [1.165, 1.54) is 0 Å². The largest absolute Gasteiger partial charge is 0.469 e. The van der Waals surface area contributed by atoms with E-state index in [-0.39, 0.29) is 17.7 Å². The van der Waals surface area contributed by atoms with Gasteiger partial charge in [-0.15, -0.1) is 0 Å². The van der Waals surface area contributed by atoms with Crippen LogP contribution >= 0.6 is 0 Å². The van der Waals surface area contributed by atoms with Crippen molar-refractivity contribution in [3.63, 3.8) is 0 Å². The Morgan fingerprint density at radius 2 is 2.05 bits per heavy atom. The molecule has 1 heterocycles. The maximum atomic E-state index is 12.1. The Morgan fingerprint density at radius 1 is 1.29 bits per heavy atom. The number of carbonyl (C=O) groups is 1. The minimum atomic E-state index is 0.0669. The van der Waals surface area contributed by atoms with Gasteiger partial charge in [-0.05, 0) is 36.2 Å². The van der Waals surface area contributed by atoms with Gasteiger partial charge in [0, 0.05) is 38.2 Å². The average molecular weight is 284 g/mol. The van der Waals surface area contributed by atoms with Crippen molar-refractivity contribution in [1.82, 2.24) is 5.32 Å². The molecule has 2 atom stereocenters. The van der Waals surface area contributed by atoms with Crippen molar-refractivity contribution in [1.29, 1.82) is 0 Å². The van der Waals surface area contributed by atoms with E-state index in [1.54, 1.807) is 6.26 Å². The van der Waals surface area contributed by atoms with Crippen molar-refractivity contribution < 1.29 is 9.21 Å². The molecule has 1 fully saturated rings. The summed E-state index contributed by atoms with van der Waals surface area (Å²) < 4.78 is 5.35. The van der Waals surface area contributed by atoms with Crippen LogP contribution in [-0.4, -0.2) is 20.0 Å². The monoisotopic (exact) mass is 284 g/mol. The molecule has 1 aromatic heterocycles. The average Bonchev–Trinajstić information content (AvgIpc) is 3.11. The van der Waals surface area contributed by atoms with Crippen LogP contribution in [0.1, 0.15) is 23.7 Å². The maximum Gasteiger partial charge on any atom is 0.224 e. The molecule has 0 saturated heterocycles. The summed E-state index contributed by atoms with van der Waals surface area (Å²) in [6.45, 7) is 0.577.